The van der Waals surface area contributed by atoms with Crippen molar-refractivity contribution >= 4 is 11.7 Å². The molecule has 1 aliphatic rings. The van der Waals surface area contributed by atoms with Crippen LogP contribution in [0.4, 0.5) is 14.9 Å². The Kier molecular flexibility index (Phi) is 6.20. The number of piperazine rings is 1. The van der Waals surface area contributed by atoms with Crippen LogP contribution < -0.4 is 10.1 Å². The molecule has 3 aromatic rings. The summed E-state index contributed by atoms with van der Waals surface area (Å²) in [5.41, 5.74) is 1.76. The minimum Gasteiger partial charge on any atom is -0.455 e. The van der Waals surface area contributed by atoms with Gasteiger partial charge in [-0.3, -0.25) is 9.88 Å². The zero-order valence-electron chi connectivity index (χ0n) is 16.5. The van der Waals surface area contributed by atoms with E-state index in [1.807, 2.05) is 24.3 Å². The molecule has 2 amide bonds. The Morgan fingerprint density at radius 3 is 2.53 bits per heavy atom. The molecule has 1 saturated heterocycles. The molecule has 6 nitrogen and oxygen atoms in total. The van der Waals surface area contributed by atoms with Crippen molar-refractivity contribution in [3.63, 3.8) is 0 Å². The zero-order chi connectivity index (χ0) is 20.8. The van der Waals surface area contributed by atoms with Gasteiger partial charge in [0.2, 0.25) is 0 Å². The second-order valence-corrected chi connectivity index (χ2v) is 7.10. The Bertz CT molecular complexity index is 991. The minimum atomic E-state index is -0.376. The van der Waals surface area contributed by atoms with E-state index >= 15 is 0 Å². The van der Waals surface area contributed by atoms with Crippen LogP contribution >= 0.6 is 0 Å². The highest BCUT2D eigenvalue weighted by molar-refractivity contribution is 5.91. The number of benzene rings is 2. The molecule has 2 heterocycles. The van der Waals surface area contributed by atoms with E-state index in [2.05, 4.69) is 15.2 Å². The number of pyridine rings is 1. The number of hydrogen-bond donors (Lipinski definition) is 1. The van der Waals surface area contributed by atoms with Crippen molar-refractivity contribution in [1.29, 1.82) is 0 Å². The van der Waals surface area contributed by atoms with Crippen LogP contribution in [0.5, 0.6) is 11.5 Å². The van der Waals surface area contributed by atoms with E-state index in [1.54, 1.807) is 41.6 Å². The molecule has 30 heavy (non-hydrogen) atoms. The van der Waals surface area contributed by atoms with Crippen molar-refractivity contribution in [2.45, 2.75) is 6.54 Å². The Labute approximate surface area is 174 Å². The maximum atomic E-state index is 13.4. The fourth-order valence-corrected chi connectivity index (χ4v) is 3.37. The van der Waals surface area contributed by atoms with Crippen LogP contribution in [-0.4, -0.2) is 47.0 Å². The number of carbonyl (C=O) groups is 1. The Hall–Kier alpha value is -3.45. The second-order valence-electron chi connectivity index (χ2n) is 7.10. The van der Waals surface area contributed by atoms with E-state index in [0.717, 1.165) is 19.6 Å². The number of ether oxygens (including phenoxy) is 1. The largest absolute Gasteiger partial charge is 0.455 e. The van der Waals surface area contributed by atoms with Gasteiger partial charge in [-0.2, -0.15) is 0 Å². The maximum absolute atomic E-state index is 13.4. The van der Waals surface area contributed by atoms with Crippen LogP contribution in [0.25, 0.3) is 0 Å². The standard InChI is InChI=1S/C23H23FN4O2/c24-19-4-3-5-20(16-19)30-22-7-2-1-6-21(22)26-23(29)28-14-12-27(13-15-28)17-18-8-10-25-11-9-18/h1-11,16H,12-15,17H2,(H,26,29). The number of nitrogens with one attached hydrogen (secondary N) is 1. The van der Waals surface area contributed by atoms with Gasteiger partial charge in [-0.15, -0.1) is 0 Å². The second kappa shape index (κ2) is 9.37. The summed E-state index contributed by atoms with van der Waals surface area (Å²) in [6.07, 6.45) is 3.59. The fourth-order valence-electron chi connectivity index (χ4n) is 3.37. The van der Waals surface area contributed by atoms with Gasteiger partial charge >= 0.3 is 6.03 Å². The summed E-state index contributed by atoms with van der Waals surface area (Å²) >= 11 is 0. The molecule has 0 spiro atoms. The molecule has 1 aromatic heterocycles. The lowest BCUT2D eigenvalue weighted by molar-refractivity contribution is 0.143. The number of carbonyl (C=O) groups excluding carboxylic acids is 1. The number of para-hydroxylation sites is 2. The van der Waals surface area contributed by atoms with E-state index in [9.17, 15) is 9.18 Å². The first-order chi connectivity index (χ1) is 14.7. The lowest BCUT2D eigenvalue weighted by Gasteiger charge is -2.34. The first kappa shape index (κ1) is 19.8. The number of rotatable bonds is 5. The highest BCUT2D eigenvalue weighted by atomic mass is 19.1. The molecule has 0 unspecified atom stereocenters. The molecule has 7 heteroatoms. The van der Waals surface area contributed by atoms with Gasteiger partial charge in [-0.05, 0) is 42.0 Å². The predicted molar refractivity (Wildman–Crippen MR) is 113 cm³/mol. The van der Waals surface area contributed by atoms with Gasteiger partial charge in [-0.1, -0.05) is 18.2 Å². The van der Waals surface area contributed by atoms with Crippen LogP contribution in [0.2, 0.25) is 0 Å². The summed E-state index contributed by atoms with van der Waals surface area (Å²) in [5.74, 6) is 0.466. The topological polar surface area (TPSA) is 57.7 Å². The van der Waals surface area contributed by atoms with Gasteiger partial charge in [-0.25, -0.2) is 9.18 Å². The summed E-state index contributed by atoms with van der Waals surface area (Å²) in [6, 6.07) is 16.9. The van der Waals surface area contributed by atoms with Crippen molar-refractivity contribution in [3.05, 3.63) is 84.4 Å². The molecule has 0 atom stereocenters. The summed E-state index contributed by atoms with van der Waals surface area (Å²) in [7, 11) is 0. The normalized spacial score (nSPS) is 14.4. The predicted octanol–water partition coefficient (Wildman–Crippen LogP) is 4.36. The van der Waals surface area contributed by atoms with Gasteiger partial charge in [0.1, 0.15) is 11.6 Å². The van der Waals surface area contributed by atoms with E-state index in [1.165, 1.54) is 17.7 Å². The molecular weight excluding hydrogens is 383 g/mol. The molecule has 1 fully saturated rings. The van der Waals surface area contributed by atoms with Crippen molar-refractivity contribution in [3.8, 4) is 11.5 Å². The van der Waals surface area contributed by atoms with E-state index in [4.69, 9.17) is 4.74 Å². The average Bonchev–Trinajstić information content (AvgIpc) is 2.76. The Balaban J connectivity index is 1.34. The monoisotopic (exact) mass is 406 g/mol. The quantitative estimate of drug-likeness (QED) is 0.684. The zero-order valence-corrected chi connectivity index (χ0v) is 16.5. The smallest absolute Gasteiger partial charge is 0.322 e. The molecule has 4 rings (SSSR count). The third kappa shape index (κ3) is 5.12. The molecule has 0 radical (unpaired) electrons. The molecule has 154 valence electrons. The first-order valence-electron chi connectivity index (χ1n) is 9.87. The van der Waals surface area contributed by atoms with Crippen LogP contribution in [0, 0.1) is 5.82 Å². The minimum absolute atomic E-state index is 0.172. The Morgan fingerprint density at radius 2 is 1.77 bits per heavy atom. The molecule has 0 bridgehead atoms. The van der Waals surface area contributed by atoms with Crippen LogP contribution in [0.1, 0.15) is 5.56 Å². The number of anilines is 1. The van der Waals surface area contributed by atoms with E-state index < -0.39 is 0 Å². The third-order valence-corrected chi connectivity index (χ3v) is 4.97. The number of urea groups is 1. The fraction of sp³-hybridized carbons (Fsp3) is 0.217. The molecular formula is C23H23FN4O2. The highest BCUT2D eigenvalue weighted by Gasteiger charge is 2.22. The molecule has 2 aromatic carbocycles. The summed E-state index contributed by atoms with van der Waals surface area (Å²) < 4.78 is 19.2. The van der Waals surface area contributed by atoms with Gasteiger partial charge in [0.15, 0.2) is 5.75 Å². The van der Waals surface area contributed by atoms with Crippen LogP contribution in [0.3, 0.4) is 0 Å². The lowest BCUT2D eigenvalue weighted by Crippen LogP contribution is -2.49. The SMILES string of the molecule is O=C(Nc1ccccc1Oc1cccc(F)c1)N1CCN(Cc2ccncc2)CC1. The first-order valence-corrected chi connectivity index (χ1v) is 9.87. The van der Waals surface area contributed by atoms with Gasteiger partial charge in [0, 0.05) is 51.2 Å². The summed E-state index contributed by atoms with van der Waals surface area (Å²) in [4.78, 5) is 20.9. The van der Waals surface area contributed by atoms with Crippen molar-refractivity contribution in [2.75, 3.05) is 31.5 Å². The number of halogens is 1. The van der Waals surface area contributed by atoms with Crippen molar-refractivity contribution < 1.29 is 13.9 Å². The van der Waals surface area contributed by atoms with Crippen molar-refractivity contribution in [1.82, 2.24) is 14.8 Å². The number of aromatic nitrogens is 1. The lowest BCUT2D eigenvalue weighted by atomic mass is 10.2. The molecule has 0 aliphatic carbocycles. The van der Waals surface area contributed by atoms with E-state index in [-0.39, 0.29) is 11.8 Å². The Morgan fingerprint density at radius 1 is 1.00 bits per heavy atom. The average molecular weight is 406 g/mol. The highest BCUT2D eigenvalue weighted by Crippen LogP contribution is 2.29. The van der Waals surface area contributed by atoms with Crippen LogP contribution in [-0.2, 0) is 6.54 Å². The number of hydrogen-bond acceptors (Lipinski definition) is 4. The molecule has 1 aliphatic heterocycles. The van der Waals surface area contributed by atoms with Gasteiger partial charge in [0.25, 0.3) is 0 Å². The van der Waals surface area contributed by atoms with Crippen molar-refractivity contribution in [2.24, 2.45) is 0 Å². The van der Waals surface area contributed by atoms with E-state index in [0.29, 0.717) is 30.3 Å². The van der Waals surface area contributed by atoms with Crippen LogP contribution in [0.15, 0.2) is 73.1 Å². The third-order valence-electron chi connectivity index (χ3n) is 4.97. The van der Waals surface area contributed by atoms with Gasteiger partial charge in [0.05, 0.1) is 5.69 Å². The molecule has 1 N–H and O–H groups in total. The summed E-state index contributed by atoms with van der Waals surface area (Å²) in [5, 5.41) is 2.92. The summed E-state index contributed by atoms with van der Waals surface area (Å²) in [6.45, 7) is 3.74. The maximum Gasteiger partial charge on any atom is 0.322 e. The molecule has 0 saturated carbocycles. The van der Waals surface area contributed by atoms with Gasteiger partial charge < -0.3 is 15.0 Å². The number of amides is 2. The number of nitrogens with zero attached hydrogens (tertiary/aromatic N) is 3.